The van der Waals surface area contributed by atoms with Gasteiger partial charge in [0.1, 0.15) is 0 Å². The van der Waals surface area contributed by atoms with E-state index in [2.05, 4.69) is 59.8 Å². The van der Waals surface area contributed by atoms with Gasteiger partial charge in [0.05, 0.1) is 0 Å². The molecule has 20 heavy (non-hydrogen) atoms. The van der Waals surface area contributed by atoms with Crippen molar-refractivity contribution in [3.8, 4) is 0 Å². The van der Waals surface area contributed by atoms with Crippen LogP contribution in [0, 0.1) is 35.7 Å². The number of aryl methyl sites for hydroxylation is 3. The van der Waals surface area contributed by atoms with Gasteiger partial charge in [0.15, 0.2) is 7.15 Å². The molecule has 110 valence electrons. The first-order chi connectivity index (χ1) is 9.27. The van der Waals surface area contributed by atoms with Gasteiger partial charge in [0.25, 0.3) is 0 Å². The summed E-state index contributed by atoms with van der Waals surface area (Å²) in [6.07, 6.45) is 6.59. The molecule has 0 aliphatic heterocycles. The molecule has 0 amide bonds. The predicted molar refractivity (Wildman–Crippen MR) is 84.2 cm³/mol. The lowest BCUT2D eigenvalue weighted by molar-refractivity contribution is -0.581. The maximum Gasteiger partial charge on any atom is 0.353 e. The molecule has 0 heterocycles. The molecule has 1 unspecified atom stereocenters. The molecule has 0 bridgehead atoms. The Morgan fingerprint density at radius 3 is 2.10 bits per heavy atom. The molecule has 0 nitrogen and oxygen atoms in total. The number of halogens is 1. The van der Waals surface area contributed by atoms with Crippen LogP contribution >= 0.6 is 0 Å². The number of rotatable bonds is 2. The molecule has 1 atom stereocenters. The van der Waals surface area contributed by atoms with E-state index in [4.69, 9.17) is 0 Å². The van der Waals surface area contributed by atoms with Gasteiger partial charge in [-0.3, -0.25) is 0 Å². The molecule has 1 aliphatic rings. The third-order valence-corrected chi connectivity index (χ3v) is 8.29. The second-order valence-electron chi connectivity index (χ2n) is 7.30. The highest BCUT2D eigenvalue weighted by Gasteiger charge is 2.31. The average Bonchev–Trinajstić information content (AvgIpc) is 2.33. The van der Waals surface area contributed by atoms with Gasteiger partial charge in [0.2, 0.25) is 0 Å². The monoisotopic (exact) mass is 383 g/mol. The van der Waals surface area contributed by atoms with Crippen molar-refractivity contribution in [3.63, 3.8) is 0 Å². The average molecular weight is 383 g/mol. The van der Waals surface area contributed by atoms with Crippen molar-refractivity contribution in [2.45, 2.75) is 60.8 Å². The summed E-state index contributed by atoms with van der Waals surface area (Å²) in [6.45, 7) is 13.9. The van der Waals surface area contributed by atoms with E-state index >= 15 is 0 Å². The van der Waals surface area contributed by atoms with Gasteiger partial charge in [-0.25, -0.2) is 0 Å². The van der Waals surface area contributed by atoms with Crippen LogP contribution in [0.3, 0.4) is 0 Å². The van der Waals surface area contributed by atoms with Gasteiger partial charge in [0, 0.05) is 17.5 Å². The third kappa shape index (κ3) is 3.87. The standard InChI is InChI=1S/C19H28I/c1-13-11-14(2)18(15(3)12-13)20-17-9-7-16(8-10-17)19(4,5)6/h9,11-12,16H,7-8,10H2,1-6H3/q+1. The van der Waals surface area contributed by atoms with E-state index < -0.39 is 0 Å². The predicted octanol–water partition coefficient (Wildman–Crippen LogP) is 2.60. The summed E-state index contributed by atoms with van der Waals surface area (Å²) >= 11 is 0.0544. The van der Waals surface area contributed by atoms with Gasteiger partial charge in [-0.2, -0.15) is 0 Å². The smallest absolute Gasteiger partial charge is 0.0599 e. The van der Waals surface area contributed by atoms with Crippen molar-refractivity contribution in [2.24, 2.45) is 11.3 Å². The van der Waals surface area contributed by atoms with Crippen molar-refractivity contribution in [2.75, 3.05) is 0 Å². The molecule has 1 aromatic rings. The maximum atomic E-state index is 2.57. The SMILES string of the molecule is Cc1cc(C)c([I+]C2=CCC(C(C)(C)C)CC2)c(C)c1. The zero-order chi connectivity index (χ0) is 14.9. The molecule has 0 saturated carbocycles. The topological polar surface area (TPSA) is 0 Å². The Kier molecular flexibility index (Phi) is 4.99. The number of benzene rings is 1. The van der Waals surface area contributed by atoms with E-state index in [1.54, 1.807) is 7.15 Å². The number of hydrogen-bond acceptors (Lipinski definition) is 0. The van der Waals surface area contributed by atoms with Crippen LogP contribution in [-0.2, 0) is 0 Å². The minimum atomic E-state index is 0.0544. The zero-order valence-corrected chi connectivity index (χ0v) is 16.0. The lowest BCUT2D eigenvalue weighted by Crippen LogP contribution is -3.61. The fraction of sp³-hybridized carbons (Fsp3) is 0.579. The van der Waals surface area contributed by atoms with E-state index in [0.29, 0.717) is 5.41 Å². The normalized spacial score (nSPS) is 19.9. The fourth-order valence-electron chi connectivity index (χ4n) is 3.11. The van der Waals surface area contributed by atoms with Gasteiger partial charge in [-0.15, -0.1) is 0 Å². The maximum absolute atomic E-state index is 2.57. The minimum Gasteiger partial charge on any atom is -0.0599 e. The van der Waals surface area contributed by atoms with Crippen molar-refractivity contribution >= 4 is 0 Å². The van der Waals surface area contributed by atoms with Crippen LogP contribution in [0.15, 0.2) is 21.8 Å². The second kappa shape index (κ2) is 6.21. The molecular weight excluding hydrogens is 355 g/mol. The van der Waals surface area contributed by atoms with Gasteiger partial charge in [-0.05, 0) is 51.0 Å². The quantitative estimate of drug-likeness (QED) is 0.689. The Hall–Kier alpha value is -0.310. The second-order valence-corrected chi connectivity index (χ2v) is 10.3. The van der Waals surface area contributed by atoms with Crippen LogP contribution in [-0.4, -0.2) is 0 Å². The van der Waals surface area contributed by atoms with Crippen LogP contribution < -0.4 is 21.2 Å². The van der Waals surface area contributed by atoms with Crippen molar-refractivity contribution in [3.05, 3.63) is 42.0 Å². The molecule has 2 rings (SSSR count). The summed E-state index contributed by atoms with van der Waals surface area (Å²) in [4.78, 5) is 0. The summed E-state index contributed by atoms with van der Waals surface area (Å²) in [7, 11) is 0. The summed E-state index contributed by atoms with van der Waals surface area (Å²) in [6, 6.07) is 4.70. The first-order valence-corrected chi connectivity index (χ1v) is 9.85. The molecule has 1 heteroatoms. The Morgan fingerprint density at radius 2 is 1.65 bits per heavy atom. The number of hydrogen-bond donors (Lipinski definition) is 0. The van der Waals surface area contributed by atoms with Gasteiger partial charge < -0.3 is 0 Å². The summed E-state index contributed by atoms with van der Waals surface area (Å²) in [5.74, 6) is 0.871. The first kappa shape index (κ1) is 16.1. The zero-order valence-electron chi connectivity index (χ0n) is 13.8. The molecule has 1 aromatic carbocycles. The summed E-state index contributed by atoms with van der Waals surface area (Å²) in [5, 5.41) is 0. The van der Waals surface area contributed by atoms with Crippen LogP contribution in [0.1, 0.15) is 56.7 Å². The lowest BCUT2D eigenvalue weighted by Gasteiger charge is -2.31. The van der Waals surface area contributed by atoms with Gasteiger partial charge >= 0.3 is 21.2 Å². The van der Waals surface area contributed by atoms with Crippen molar-refractivity contribution in [1.82, 2.24) is 0 Å². The highest BCUT2D eigenvalue weighted by atomic mass is 127. The Bertz CT molecular complexity index is 494. The lowest BCUT2D eigenvalue weighted by atomic mass is 9.74. The largest absolute Gasteiger partial charge is 0.353 e. The molecule has 0 saturated heterocycles. The summed E-state index contributed by atoms with van der Waals surface area (Å²) < 4.78 is 3.43. The Balaban J connectivity index is 2.11. The number of allylic oxidation sites excluding steroid dienone is 2. The van der Waals surface area contributed by atoms with E-state index in [0.717, 1.165) is 5.92 Å². The first-order valence-electron chi connectivity index (χ1n) is 7.69. The van der Waals surface area contributed by atoms with Gasteiger partial charge in [-0.1, -0.05) is 38.5 Å². The molecule has 0 spiro atoms. The van der Waals surface area contributed by atoms with Crippen LogP contribution in [0.5, 0.6) is 0 Å². The van der Waals surface area contributed by atoms with Crippen LogP contribution in [0.4, 0.5) is 0 Å². The Labute approximate surface area is 135 Å². The molecule has 0 radical (unpaired) electrons. The van der Waals surface area contributed by atoms with E-state index in [1.165, 1.54) is 36.0 Å². The fourth-order valence-corrected chi connectivity index (χ4v) is 6.02. The van der Waals surface area contributed by atoms with Crippen molar-refractivity contribution < 1.29 is 21.2 Å². The minimum absolute atomic E-state index is 0.0544. The van der Waals surface area contributed by atoms with E-state index in [-0.39, 0.29) is 21.2 Å². The molecular formula is C19H28I+. The van der Waals surface area contributed by atoms with Crippen LogP contribution in [0.2, 0.25) is 0 Å². The molecule has 0 N–H and O–H groups in total. The van der Waals surface area contributed by atoms with Crippen LogP contribution in [0.25, 0.3) is 0 Å². The van der Waals surface area contributed by atoms with E-state index in [1.807, 2.05) is 0 Å². The highest BCUT2D eigenvalue weighted by Crippen LogP contribution is 2.35. The molecule has 0 aromatic heterocycles. The summed E-state index contributed by atoms with van der Waals surface area (Å²) in [5.41, 5.74) is 4.89. The molecule has 1 aliphatic carbocycles. The van der Waals surface area contributed by atoms with E-state index in [9.17, 15) is 0 Å². The molecule has 0 fully saturated rings. The highest BCUT2D eigenvalue weighted by molar-refractivity contribution is 5.27. The van der Waals surface area contributed by atoms with Crippen molar-refractivity contribution in [1.29, 1.82) is 0 Å². The third-order valence-electron chi connectivity index (χ3n) is 4.38. The Morgan fingerprint density at radius 1 is 1.05 bits per heavy atom.